The fourth-order valence-corrected chi connectivity index (χ4v) is 4.59. The molecule has 0 aliphatic carbocycles. The van der Waals surface area contributed by atoms with Gasteiger partial charge in [0.2, 0.25) is 0 Å². The van der Waals surface area contributed by atoms with Crippen molar-refractivity contribution in [2.24, 2.45) is 4.99 Å². The first-order valence-electron chi connectivity index (χ1n) is 10.9. The summed E-state index contributed by atoms with van der Waals surface area (Å²) < 4.78 is 25.5. The SMILES string of the molecule is COc1cc(/C=C2\SC(=Nc3ccccc3F)NC2=O)ccc1OCc1cccc2ccccc12. The van der Waals surface area contributed by atoms with E-state index in [9.17, 15) is 9.18 Å². The third-order valence-electron chi connectivity index (χ3n) is 5.47. The molecule has 174 valence electrons. The number of nitrogens with one attached hydrogen (secondary N) is 1. The predicted octanol–water partition coefficient (Wildman–Crippen LogP) is 6.46. The van der Waals surface area contributed by atoms with E-state index in [-0.39, 0.29) is 11.6 Å². The van der Waals surface area contributed by atoms with Gasteiger partial charge in [0.05, 0.1) is 12.0 Å². The summed E-state index contributed by atoms with van der Waals surface area (Å²) in [4.78, 5) is 17.1. The molecule has 1 amide bonds. The highest BCUT2D eigenvalue weighted by molar-refractivity contribution is 8.18. The maximum atomic E-state index is 13.9. The number of ether oxygens (including phenoxy) is 2. The zero-order valence-electron chi connectivity index (χ0n) is 18.8. The maximum absolute atomic E-state index is 13.9. The zero-order valence-corrected chi connectivity index (χ0v) is 19.6. The Kier molecular flexibility index (Phi) is 6.50. The van der Waals surface area contributed by atoms with Crippen molar-refractivity contribution in [3.8, 4) is 11.5 Å². The Labute approximate surface area is 206 Å². The molecule has 1 heterocycles. The normalized spacial score (nSPS) is 15.5. The van der Waals surface area contributed by atoms with Gasteiger partial charge in [0.1, 0.15) is 18.1 Å². The average Bonchev–Trinajstić information content (AvgIpc) is 3.22. The van der Waals surface area contributed by atoms with Gasteiger partial charge < -0.3 is 14.8 Å². The van der Waals surface area contributed by atoms with Gasteiger partial charge in [-0.2, -0.15) is 0 Å². The molecule has 0 saturated carbocycles. The number of methoxy groups -OCH3 is 1. The first-order chi connectivity index (χ1) is 17.1. The minimum atomic E-state index is -0.448. The molecule has 1 saturated heterocycles. The van der Waals surface area contributed by atoms with Crippen molar-refractivity contribution in [3.63, 3.8) is 0 Å². The number of hydrogen-bond acceptors (Lipinski definition) is 5. The second kappa shape index (κ2) is 10.0. The Bertz CT molecular complexity index is 1480. The molecule has 0 aromatic heterocycles. The van der Waals surface area contributed by atoms with Crippen LogP contribution < -0.4 is 14.8 Å². The number of halogens is 1. The topological polar surface area (TPSA) is 59.9 Å². The van der Waals surface area contributed by atoms with Crippen LogP contribution in [0.4, 0.5) is 10.1 Å². The molecule has 0 spiro atoms. The van der Waals surface area contributed by atoms with Crippen molar-refractivity contribution in [3.05, 3.63) is 107 Å². The Balaban J connectivity index is 1.33. The number of benzene rings is 4. The van der Waals surface area contributed by atoms with E-state index in [1.807, 2.05) is 42.5 Å². The van der Waals surface area contributed by atoms with Crippen molar-refractivity contribution in [2.75, 3.05) is 7.11 Å². The van der Waals surface area contributed by atoms with Gasteiger partial charge in [-0.05, 0) is 64.0 Å². The van der Waals surface area contributed by atoms with Gasteiger partial charge >= 0.3 is 0 Å². The van der Waals surface area contributed by atoms with Crippen LogP contribution in [0.1, 0.15) is 11.1 Å². The number of hydrogen-bond donors (Lipinski definition) is 1. The standard InChI is InChI=1S/C28H21FN2O3S/c1-33-25-15-18(16-26-27(32)31-28(35-26)30-23-12-5-4-11-22(23)29)13-14-24(25)34-17-20-9-6-8-19-7-2-3-10-21(19)20/h2-16H,17H2,1H3,(H,30,31,32)/b26-16-. The first kappa shape index (κ1) is 22.7. The van der Waals surface area contributed by atoms with Crippen LogP contribution in [0.25, 0.3) is 16.8 Å². The molecule has 0 atom stereocenters. The molecular weight excluding hydrogens is 463 g/mol. The van der Waals surface area contributed by atoms with Gasteiger partial charge in [0.15, 0.2) is 16.7 Å². The molecule has 4 aromatic rings. The van der Waals surface area contributed by atoms with Crippen LogP contribution in [0.5, 0.6) is 11.5 Å². The van der Waals surface area contributed by atoms with E-state index in [0.717, 1.165) is 33.7 Å². The number of aliphatic imine (C=N–C) groups is 1. The lowest BCUT2D eigenvalue weighted by atomic mass is 10.1. The van der Waals surface area contributed by atoms with Gasteiger partial charge in [-0.25, -0.2) is 9.38 Å². The van der Waals surface area contributed by atoms with Crippen LogP contribution in [-0.2, 0) is 11.4 Å². The third kappa shape index (κ3) is 5.05. The van der Waals surface area contributed by atoms with Crippen LogP contribution in [0.15, 0.2) is 94.8 Å². The van der Waals surface area contributed by atoms with Gasteiger partial charge in [-0.3, -0.25) is 4.79 Å². The molecule has 1 aliphatic heterocycles. The minimum absolute atomic E-state index is 0.172. The van der Waals surface area contributed by atoms with Gasteiger partial charge in [-0.15, -0.1) is 0 Å². The predicted molar refractivity (Wildman–Crippen MR) is 138 cm³/mol. The Morgan fingerprint density at radius 3 is 2.63 bits per heavy atom. The Morgan fingerprint density at radius 1 is 0.971 bits per heavy atom. The number of para-hydroxylation sites is 1. The van der Waals surface area contributed by atoms with Crippen molar-refractivity contribution in [1.82, 2.24) is 5.32 Å². The van der Waals surface area contributed by atoms with E-state index in [1.165, 1.54) is 6.07 Å². The van der Waals surface area contributed by atoms with Crippen molar-refractivity contribution >= 4 is 45.4 Å². The zero-order chi connectivity index (χ0) is 24.2. The molecule has 1 fully saturated rings. The van der Waals surface area contributed by atoms with Crippen LogP contribution in [-0.4, -0.2) is 18.2 Å². The van der Waals surface area contributed by atoms with Crippen LogP contribution >= 0.6 is 11.8 Å². The Hall–Kier alpha value is -4.10. The van der Waals surface area contributed by atoms with E-state index >= 15 is 0 Å². The summed E-state index contributed by atoms with van der Waals surface area (Å²) in [5.41, 5.74) is 2.02. The number of amidine groups is 1. The number of thioether (sulfide) groups is 1. The van der Waals surface area contributed by atoms with Gasteiger partial charge in [-0.1, -0.05) is 60.7 Å². The lowest BCUT2D eigenvalue weighted by Crippen LogP contribution is -2.19. The van der Waals surface area contributed by atoms with Crippen molar-refractivity contribution in [2.45, 2.75) is 6.61 Å². The molecule has 0 radical (unpaired) electrons. The fourth-order valence-electron chi connectivity index (χ4n) is 3.75. The highest BCUT2D eigenvalue weighted by atomic mass is 32.2. The Morgan fingerprint density at radius 2 is 1.77 bits per heavy atom. The molecule has 1 N–H and O–H groups in total. The van der Waals surface area contributed by atoms with E-state index in [0.29, 0.717) is 28.2 Å². The highest BCUT2D eigenvalue weighted by Crippen LogP contribution is 2.33. The highest BCUT2D eigenvalue weighted by Gasteiger charge is 2.24. The summed E-state index contributed by atoms with van der Waals surface area (Å²) in [7, 11) is 1.58. The van der Waals surface area contributed by atoms with E-state index in [4.69, 9.17) is 9.47 Å². The number of carbonyl (C=O) groups excluding carboxylic acids is 1. The number of carbonyl (C=O) groups is 1. The van der Waals surface area contributed by atoms with Gasteiger partial charge in [0.25, 0.3) is 5.91 Å². The molecule has 0 bridgehead atoms. The largest absolute Gasteiger partial charge is 0.493 e. The number of rotatable bonds is 6. The number of amides is 1. The summed E-state index contributed by atoms with van der Waals surface area (Å²) in [5, 5.41) is 5.31. The summed E-state index contributed by atoms with van der Waals surface area (Å²) >= 11 is 1.16. The molecule has 0 unspecified atom stereocenters. The van der Waals surface area contributed by atoms with Crippen molar-refractivity contribution in [1.29, 1.82) is 0 Å². The summed E-state index contributed by atoms with van der Waals surface area (Å²) in [6, 6.07) is 26.0. The van der Waals surface area contributed by atoms with E-state index in [2.05, 4.69) is 28.5 Å². The molecule has 4 aromatic carbocycles. The van der Waals surface area contributed by atoms with Gasteiger partial charge in [0, 0.05) is 0 Å². The molecule has 7 heteroatoms. The number of fused-ring (bicyclic) bond motifs is 1. The van der Waals surface area contributed by atoms with E-state index in [1.54, 1.807) is 31.4 Å². The lowest BCUT2D eigenvalue weighted by Gasteiger charge is -2.13. The van der Waals surface area contributed by atoms with Crippen molar-refractivity contribution < 1.29 is 18.7 Å². The molecule has 5 nitrogen and oxygen atoms in total. The monoisotopic (exact) mass is 484 g/mol. The molecule has 1 aliphatic rings. The van der Waals surface area contributed by atoms with Crippen LogP contribution in [0.3, 0.4) is 0 Å². The second-order valence-corrected chi connectivity index (χ2v) is 8.80. The number of nitrogens with zero attached hydrogens (tertiary/aromatic N) is 1. The maximum Gasteiger partial charge on any atom is 0.264 e. The fraction of sp³-hybridized carbons (Fsp3) is 0.0714. The average molecular weight is 485 g/mol. The lowest BCUT2D eigenvalue weighted by molar-refractivity contribution is -0.115. The second-order valence-electron chi connectivity index (χ2n) is 7.77. The quantitative estimate of drug-likeness (QED) is 0.319. The summed E-state index contributed by atoms with van der Waals surface area (Å²) in [5.74, 6) is 0.424. The summed E-state index contributed by atoms with van der Waals surface area (Å²) in [6.45, 7) is 0.395. The van der Waals surface area contributed by atoms with E-state index < -0.39 is 5.82 Å². The smallest absolute Gasteiger partial charge is 0.264 e. The third-order valence-corrected chi connectivity index (χ3v) is 6.38. The summed E-state index contributed by atoms with van der Waals surface area (Å²) in [6.07, 6.45) is 1.74. The molecule has 5 rings (SSSR count). The van der Waals surface area contributed by atoms with Crippen LogP contribution in [0, 0.1) is 5.82 Å². The molecule has 35 heavy (non-hydrogen) atoms. The van der Waals surface area contributed by atoms with Crippen LogP contribution in [0.2, 0.25) is 0 Å². The molecular formula is C28H21FN2O3S. The minimum Gasteiger partial charge on any atom is -0.493 e. The first-order valence-corrected chi connectivity index (χ1v) is 11.7.